The molecule has 0 heterocycles. The topological polar surface area (TPSA) is 100 Å². The summed E-state index contributed by atoms with van der Waals surface area (Å²) in [4.78, 5) is 30.7. The Morgan fingerprint density at radius 3 is 2.25 bits per heavy atom. The van der Waals surface area contributed by atoms with Crippen molar-refractivity contribution in [1.82, 2.24) is 0 Å². The Morgan fingerprint density at radius 2 is 1.65 bits per heavy atom. The Labute approximate surface area is 233 Å². The van der Waals surface area contributed by atoms with Crippen LogP contribution in [0.5, 0.6) is 11.5 Å². The SMILES string of the molecule is COc1ccc(N(C)C(=O)[C@H](CCC(=O)O)N=C(Nc2ccc(F)cc2)SCc2c(F)cccc2F)cc1OC. The van der Waals surface area contributed by atoms with E-state index in [1.54, 1.807) is 18.2 Å². The molecule has 2 N–H and O–H groups in total. The zero-order valence-electron chi connectivity index (χ0n) is 22.0. The normalized spacial score (nSPS) is 12.0. The van der Waals surface area contributed by atoms with Gasteiger partial charge in [-0.1, -0.05) is 17.8 Å². The average Bonchev–Trinajstić information content (AvgIpc) is 2.94. The molecule has 3 aromatic rings. The van der Waals surface area contributed by atoms with Crippen LogP contribution in [0.2, 0.25) is 0 Å². The van der Waals surface area contributed by atoms with E-state index in [1.165, 1.54) is 56.5 Å². The van der Waals surface area contributed by atoms with Gasteiger partial charge in [-0.2, -0.15) is 0 Å². The summed E-state index contributed by atoms with van der Waals surface area (Å²) in [5.41, 5.74) is 0.642. The van der Waals surface area contributed by atoms with E-state index >= 15 is 0 Å². The molecule has 0 bridgehead atoms. The smallest absolute Gasteiger partial charge is 0.303 e. The van der Waals surface area contributed by atoms with Crippen LogP contribution < -0.4 is 19.7 Å². The third kappa shape index (κ3) is 8.15. The van der Waals surface area contributed by atoms with Crippen LogP contribution in [-0.4, -0.2) is 49.5 Å². The largest absolute Gasteiger partial charge is 0.493 e. The molecule has 40 heavy (non-hydrogen) atoms. The number of aliphatic carboxylic acids is 1. The second-order valence-electron chi connectivity index (χ2n) is 8.44. The maximum atomic E-state index is 14.3. The number of carbonyl (C=O) groups is 2. The summed E-state index contributed by atoms with van der Waals surface area (Å²) in [6, 6.07) is 12.4. The second kappa shape index (κ2) is 14.3. The molecule has 0 saturated heterocycles. The summed E-state index contributed by atoms with van der Waals surface area (Å²) in [5.74, 6) is -2.99. The molecule has 1 atom stereocenters. The molecule has 0 aliphatic carbocycles. The average molecular weight is 576 g/mol. The molecule has 1 amide bonds. The summed E-state index contributed by atoms with van der Waals surface area (Å²) < 4.78 is 52.6. The van der Waals surface area contributed by atoms with Crippen LogP contribution in [0, 0.1) is 17.5 Å². The first-order valence-corrected chi connectivity index (χ1v) is 13.0. The first-order chi connectivity index (χ1) is 19.1. The number of nitrogens with one attached hydrogen (secondary N) is 1. The number of anilines is 2. The number of carboxylic acids is 1. The van der Waals surface area contributed by atoms with E-state index in [0.29, 0.717) is 22.9 Å². The molecule has 0 saturated carbocycles. The highest BCUT2D eigenvalue weighted by molar-refractivity contribution is 8.13. The highest BCUT2D eigenvalue weighted by Gasteiger charge is 2.25. The van der Waals surface area contributed by atoms with Crippen molar-refractivity contribution in [2.45, 2.75) is 24.6 Å². The van der Waals surface area contributed by atoms with Crippen LogP contribution in [0.3, 0.4) is 0 Å². The van der Waals surface area contributed by atoms with Crippen LogP contribution in [0.25, 0.3) is 0 Å². The van der Waals surface area contributed by atoms with Crippen LogP contribution in [-0.2, 0) is 15.3 Å². The number of aliphatic imine (C=N–C) groups is 1. The molecule has 12 heteroatoms. The van der Waals surface area contributed by atoms with Crippen molar-refractivity contribution < 1.29 is 37.3 Å². The number of thioether (sulfide) groups is 1. The molecular weight excluding hydrogens is 547 g/mol. The number of hydrogen-bond acceptors (Lipinski definition) is 6. The number of methoxy groups -OCH3 is 2. The standard InChI is InChI=1S/C28H28F3N3O5S/c1-34(19-11-13-24(38-2)25(15-19)39-3)27(37)23(12-14-26(35)36)33-28(32-18-9-7-17(29)8-10-18)40-16-20-21(30)5-4-6-22(20)31/h4-11,13,15,23H,12,14,16H2,1-3H3,(H,32,33)(H,35,36)/t23-/m0/s1. The summed E-state index contributed by atoms with van der Waals surface area (Å²) in [7, 11) is 4.43. The van der Waals surface area contributed by atoms with Crippen molar-refractivity contribution in [3.05, 3.63) is 83.7 Å². The van der Waals surface area contributed by atoms with Crippen molar-refractivity contribution >= 4 is 40.2 Å². The van der Waals surface area contributed by atoms with E-state index in [-0.39, 0.29) is 29.3 Å². The Bertz CT molecular complexity index is 1350. The lowest BCUT2D eigenvalue weighted by Crippen LogP contribution is -2.36. The zero-order chi connectivity index (χ0) is 29.2. The Hall–Kier alpha value is -4.19. The molecule has 0 aromatic heterocycles. The van der Waals surface area contributed by atoms with E-state index < -0.39 is 35.4 Å². The Kier molecular flexibility index (Phi) is 10.8. The summed E-state index contributed by atoms with van der Waals surface area (Å²) in [5, 5.41) is 12.3. The number of ether oxygens (including phenoxy) is 2. The van der Waals surface area contributed by atoms with Crippen molar-refractivity contribution in [3.63, 3.8) is 0 Å². The molecule has 0 spiro atoms. The second-order valence-corrected chi connectivity index (χ2v) is 9.40. The number of rotatable bonds is 11. The van der Waals surface area contributed by atoms with Crippen molar-refractivity contribution in [1.29, 1.82) is 0 Å². The lowest BCUT2D eigenvalue weighted by atomic mass is 10.1. The fourth-order valence-corrected chi connectivity index (χ4v) is 4.55. The zero-order valence-corrected chi connectivity index (χ0v) is 22.8. The van der Waals surface area contributed by atoms with E-state index in [9.17, 15) is 27.9 Å². The fraction of sp³-hybridized carbons (Fsp3) is 0.250. The van der Waals surface area contributed by atoms with Crippen molar-refractivity contribution in [3.8, 4) is 11.5 Å². The van der Waals surface area contributed by atoms with Gasteiger partial charge in [-0.3, -0.25) is 9.59 Å². The van der Waals surface area contributed by atoms with Gasteiger partial charge in [0.15, 0.2) is 16.7 Å². The van der Waals surface area contributed by atoms with Crippen LogP contribution in [0.15, 0.2) is 65.7 Å². The van der Waals surface area contributed by atoms with Gasteiger partial charge in [-0.05, 0) is 55.0 Å². The molecule has 3 rings (SSSR count). The van der Waals surface area contributed by atoms with Gasteiger partial charge >= 0.3 is 5.97 Å². The minimum absolute atomic E-state index is 0.0821. The summed E-state index contributed by atoms with van der Waals surface area (Å²) in [6.45, 7) is 0. The van der Waals surface area contributed by atoms with E-state index in [4.69, 9.17) is 9.47 Å². The lowest BCUT2D eigenvalue weighted by Gasteiger charge is -2.23. The number of amidine groups is 1. The predicted molar refractivity (Wildman–Crippen MR) is 149 cm³/mol. The van der Waals surface area contributed by atoms with Gasteiger partial charge in [-0.25, -0.2) is 18.2 Å². The summed E-state index contributed by atoms with van der Waals surface area (Å²) >= 11 is 0.911. The first kappa shape index (κ1) is 30.4. The molecule has 0 radical (unpaired) electrons. The molecule has 0 aliphatic rings. The lowest BCUT2D eigenvalue weighted by molar-refractivity contribution is -0.137. The molecule has 0 aliphatic heterocycles. The number of carboxylic acid groups (broad SMARTS) is 1. The number of amides is 1. The maximum absolute atomic E-state index is 14.3. The molecule has 8 nitrogen and oxygen atoms in total. The number of likely N-dealkylation sites (N-methyl/N-ethyl adjacent to an activating group) is 1. The molecular formula is C28H28F3N3O5S. The minimum Gasteiger partial charge on any atom is -0.493 e. The number of halogens is 3. The van der Waals surface area contributed by atoms with Crippen molar-refractivity contribution in [2.24, 2.45) is 4.99 Å². The summed E-state index contributed by atoms with van der Waals surface area (Å²) in [6.07, 6.45) is -0.523. The first-order valence-electron chi connectivity index (χ1n) is 12.0. The van der Waals surface area contributed by atoms with Gasteiger partial charge in [0.05, 0.1) is 14.2 Å². The molecule has 0 fully saturated rings. The Morgan fingerprint density at radius 1 is 1.00 bits per heavy atom. The van der Waals surface area contributed by atoms with Crippen molar-refractivity contribution in [2.75, 3.05) is 31.5 Å². The van der Waals surface area contributed by atoms with Crippen LogP contribution >= 0.6 is 11.8 Å². The van der Waals surface area contributed by atoms with E-state index in [2.05, 4.69) is 10.3 Å². The molecule has 0 unspecified atom stereocenters. The monoisotopic (exact) mass is 575 g/mol. The van der Waals surface area contributed by atoms with Gasteiger partial charge in [-0.15, -0.1) is 0 Å². The van der Waals surface area contributed by atoms with Gasteiger partial charge in [0.2, 0.25) is 0 Å². The molecule has 212 valence electrons. The highest BCUT2D eigenvalue weighted by Crippen LogP contribution is 2.32. The number of benzene rings is 3. The van der Waals surface area contributed by atoms with Gasteiger partial charge < -0.3 is 24.8 Å². The van der Waals surface area contributed by atoms with Crippen LogP contribution in [0.4, 0.5) is 24.5 Å². The van der Waals surface area contributed by atoms with Gasteiger partial charge in [0.25, 0.3) is 5.91 Å². The minimum atomic E-state index is -1.19. The van der Waals surface area contributed by atoms with Gasteiger partial charge in [0, 0.05) is 42.2 Å². The number of hydrogen-bond donors (Lipinski definition) is 2. The Balaban J connectivity index is 1.97. The van der Waals surface area contributed by atoms with E-state index in [0.717, 1.165) is 23.9 Å². The quantitative estimate of drug-likeness (QED) is 0.223. The molecule has 3 aromatic carbocycles. The number of carbonyl (C=O) groups excluding carboxylic acids is 1. The fourth-order valence-electron chi connectivity index (χ4n) is 3.60. The third-order valence-corrected chi connectivity index (χ3v) is 6.70. The highest BCUT2D eigenvalue weighted by atomic mass is 32.2. The predicted octanol–water partition coefficient (Wildman–Crippen LogP) is 5.72. The van der Waals surface area contributed by atoms with Crippen LogP contribution in [0.1, 0.15) is 18.4 Å². The maximum Gasteiger partial charge on any atom is 0.303 e. The van der Waals surface area contributed by atoms with Gasteiger partial charge in [0.1, 0.15) is 23.5 Å². The third-order valence-electron chi connectivity index (χ3n) is 5.79. The van der Waals surface area contributed by atoms with E-state index in [1.807, 2.05) is 0 Å². The number of nitrogens with zero attached hydrogens (tertiary/aromatic N) is 2.